The van der Waals surface area contributed by atoms with Crippen LogP contribution in [0.25, 0.3) is 0 Å². The Balaban J connectivity index is 2.12. The molecule has 0 aliphatic carbocycles. The number of para-hydroxylation sites is 1. The average molecular weight is 324 g/mol. The molecule has 2 rings (SSSR count). The van der Waals surface area contributed by atoms with E-state index in [9.17, 15) is 4.39 Å². The number of rotatable bonds is 5. The average Bonchev–Trinajstić information content (AvgIpc) is 2.42. The van der Waals surface area contributed by atoms with Crippen LogP contribution in [0.15, 0.2) is 46.9 Å². The molecule has 0 fully saturated rings. The van der Waals surface area contributed by atoms with Crippen molar-refractivity contribution in [3.05, 3.63) is 63.9 Å². The van der Waals surface area contributed by atoms with E-state index < -0.39 is 0 Å². The predicted octanol–water partition coefficient (Wildman–Crippen LogP) is 4.35. The molecule has 0 aliphatic rings. The summed E-state index contributed by atoms with van der Waals surface area (Å²) in [6.45, 7) is 0.968. The van der Waals surface area contributed by atoms with Crippen molar-refractivity contribution in [3.8, 4) is 0 Å². The maximum atomic E-state index is 13.6. The van der Waals surface area contributed by atoms with Crippen LogP contribution in [-0.4, -0.2) is 7.11 Å². The van der Waals surface area contributed by atoms with E-state index >= 15 is 0 Å². The zero-order valence-electron chi connectivity index (χ0n) is 10.6. The van der Waals surface area contributed by atoms with Crippen molar-refractivity contribution in [2.45, 2.75) is 13.2 Å². The molecule has 0 unspecified atom stereocenters. The molecule has 2 aromatic carbocycles. The van der Waals surface area contributed by atoms with Crippen LogP contribution in [0.4, 0.5) is 10.1 Å². The number of nitrogens with one attached hydrogen (secondary N) is 1. The molecular formula is C15H15BrFNO. The number of benzene rings is 2. The maximum absolute atomic E-state index is 13.6. The van der Waals surface area contributed by atoms with Crippen LogP contribution < -0.4 is 5.32 Å². The first-order chi connectivity index (χ1) is 9.20. The van der Waals surface area contributed by atoms with Gasteiger partial charge in [-0.05, 0) is 24.3 Å². The summed E-state index contributed by atoms with van der Waals surface area (Å²) in [5, 5.41) is 3.24. The van der Waals surface area contributed by atoms with Crippen LogP contribution >= 0.6 is 15.9 Å². The van der Waals surface area contributed by atoms with E-state index in [4.69, 9.17) is 4.74 Å². The van der Waals surface area contributed by atoms with Crippen molar-refractivity contribution < 1.29 is 9.13 Å². The van der Waals surface area contributed by atoms with Gasteiger partial charge in [-0.2, -0.15) is 0 Å². The standard InChI is InChI=1S/C15H15BrFNO/c1-19-10-11-4-2-3-5-15(11)18-9-12-8-13(16)6-7-14(12)17/h2-8,18H,9-10H2,1H3. The fourth-order valence-corrected chi connectivity index (χ4v) is 2.25. The molecule has 0 spiro atoms. The molecule has 0 aliphatic heterocycles. The highest BCUT2D eigenvalue weighted by atomic mass is 79.9. The van der Waals surface area contributed by atoms with Gasteiger partial charge in [-0.25, -0.2) is 4.39 Å². The van der Waals surface area contributed by atoms with Crippen molar-refractivity contribution in [1.82, 2.24) is 0 Å². The number of ether oxygens (including phenoxy) is 1. The molecule has 0 saturated heterocycles. The third kappa shape index (κ3) is 3.78. The normalized spacial score (nSPS) is 10.5. The lowest BCUT2D eigenvalue weighted by Gasteiger charge is -2.12. The van der Waals surface area contributed by atoms with Crippen molar-refractivity contribution >= 4 is 21.6 Å². The Morgan fingerprint density at radius 1 is 1.16 bits per heavy atom. The van der Waals surface area contributed by atoms with Crippen molar-refractivity contribution in [2.24, 2.45) is 0 Å². The van der Waals surface area contributed by atoms with E-state index in [0.29, 0.717) is 18.7 Å². The van der Waals surface area contributed by atoms with Crippen molar-refractivity contribution in [2.75, 3.05) is 12.4 Å². The highest BCUT2D eigenvalue weighted by Crippen LogP contribution is 2.20. The molecule has 2 aromatic rings. The van der Waals surface area contributed by atoms with Crippen LogP contribution in [0.5, 0.6) is 0 Å². The Hall–Kier alpha value is -1.39. The van der Waals surface area contributed by atoms with Crippen LogP contribution in [0.1, 0.15) is 11.1 Å². The van der Waals surface area contributed by atoms with Gasteiger partial charge in [0.15, 0.2) is 0 Å². The molecule has 19 heavy (non-hydrogen) atoms. The van der Waals surface area contributed by atoms with Gasteiger partial charge < -0.3 is 10.1 Å². The van der Waals surface area contributed by atoms with E-state index in [1.807, 2.05) is 24.3 Å². The molecule has 0 aromatic heterocycles. The monoisotopic (exact) mass is 323 g/mol. The van der Waals surface area contributed by atoms with E-state index in [2.05, 4.69) is 21.2 Å². The van der Waals surface area contributed by atoms with Gasteiger partial charge in [0.2, 0.25) is 0 Å². The third-order valence-electron chi connectivity index (χ3n) is 2.79. The Kier molecular flexibility index (Phi) is 4.93. The molecule has 2 nitrogen and oxygen atoms in total. The van der Waals surface area contributed by atoms with Gasteiger partial charge >= 0.3 is 0 Å². The molecule has 100 valence electrons. The molecule has 4 heteroatoms. The first-order valence-corrected chi connectivity index (χ1v) is 6.74. The SMILES string of the molecule is COCc1ccccc1NCc1cc(Br)ccc1F. The number of hydrogen-bond donors (Lipinski definition) is 1. The smallest absolute Gasteiger partial charge is 0.128 e. The number of hydrogen-bond acceptors (Lipinski definition) is 2. The quantitative estimate of drug-likeness (QED) is 0.883. The summed E-state index contributed by atoms with van der Waals surface area (Å²) in [4.78, 5) is 0. The second-order valence-corrected chi connectivity index (χ2v) is 5.10. The molecule has 0 radical (unpaired) electrons. The predicted molar refractivity (Wildman–Crippen MR) is 78.6 cm³/mol. The number of anilines is 1. The second-order valence-electron chi connectivity index (χ2n) is 4.18. The molecule has 0 atom stereocenters. The minimum atomic E-state index is -0.208. The Morgan fingerprint density at radius 2 is 1.95 bits per heavy atom. The topological polar surface area (TPSA) is 21.3 Å². The Morgan fingerprint density at radius 3 is 2.74 bits per heavy atom. The fraction of sp³-hybridized carbons (Fsp3) is 0.200. The summed E-state index contributed by atoms with van der Waals surface area (Å²) in [6, 6.07) is 12.8. The largest absolute Gasteiger partial charge is 0.381 e. The minimum Gasteiger partial charge on any atom is -0.381 e. The lowest BCUT2D eigenvalue weighted by atomic mass is 10.1. The van der Waals surface area contributed by atoms with Crippen LogP contribution in [0, 0.1) is 5.82 Å². The summed E-state index contributed by atoms with van der Waals surface area (Å²) in [6.07, 6.45) is 0. The first kappa shape index (κ1) is 14.0. The fourth-order valence-electron chi connectivity index (χ4n) is 1.84. The summed E-state index contributed by atoms with van der Waals surface area (Å²) < 4.78 is 19.6. The zero-order chi connectivity index (χ0) is 13.7. The van der Waals surface area contributed by atoms with E-state index in [1.165, 1.54) is 6.07 Å². The van der Waals surface area contributed by atoms with Gasteiger partial charge in [-0.1, -0.05) is 34.1 Å². The van der Waals surface area contributed by atoms with Crippen molar-refractivity contribution in [3.63, 3.8) is 0 Å². The van der Waals surface area contributed by atoms with Gasteiger partial charge in [-0.15, -0.1) is 0 Å². The van der Waals surface area contributed by atoms with Crippen LogP contribution in [0.3, 0.4) is 0 Å². The highest BCUT2D eigenvalue weighted by Gasteiger charge is 2.05. The zero-order valence-corrected chi connectivity index (χ0v) is 12.2. The Labute approximate surface area is 120 Å². The van der Waals surface area contributed by atoms with Gasteiger partial charge in [0.25, 0.3) is 0 Å². The Bertz CT molecular complexity index is 560. The van der Waals surface area contributed by atoms with Gasteiger partial charge in [0.05, 0.1) is 6.61 Å². The van der Waals surface area contributed by atoms with Crippen molar-refractivity contribution in [1.29, 1.82) is 0 Å². The summed E-state index contributed by atoms with van der Waals surface area (Å²) >= 11 is 3.35. The molecular weight excluding hydrogens is 309 g/mol. The first-order valence-electron chi connectivity index (χ1n) is 5.95. The second kappa shape index (κ2) is 6.68. The molecule has 1 N–H and O–H groups in total. The van der Waals surface area contributed by atoms with E-state index in [0.717, 1.165) is 15.7 Å². The molecule has 0 heterocycles. The van der Waals surface area contributed by atoms with E-state index in [1.54, 1.807) is 19.2 Å². The summed E-state index contributed by atoms with van der Waals surface area (Å²) in [7, 11) is 1.66. The minimum absolute atomic E-state index is 0.208. The van der Waals surface area contributed by atoms with Gasteiger partial charge in [0, 0.05) is 34.9 Å². The van der Waals surface area contributed by atoms with Gasteiger partial charge in [0.1, 0.15) is 5.82 Å². The third-order valence-corrected chi connectivity index (χ3v) is 3.29. The summed E-state index contributed by atoms with van der Waals surface area (Å²) in [5.41, 5.74) is 2.64. The van der Waals surface area contributed by atoms with Crippen LogP contribution in [0.2, 0.25) is 0 Å². The number of halogens is 2. The molecule has 0 saturated carbocycles. The maximum Gasteiger partial charge on any atom is 0.128 e. The lowest BCUT2D eigenvalue weighted by molar-refractivity contribution is 0.185. The molecule has 0 bridgehead atoms. The summed E-state index contributed by atoms with van der Waals surface area (Å²) in [5.74, 6) is -0.208. The highest BCUT2D eigenvalue weighted by molar-refractivity contribution is 9.10. The lowest BCUT2D eigenvalue weighted by Crippen LogP contribution is -2.04. The van der Waals surface area contributed by atoms with Gasteiger partial charge in [-0.3, -0.25) is 0 Å². The van der Waals surface area contributed by atoms with E-state index in [-0.39, 0.29) is 5.82 Å². The number of methoxy groups -OCH3 is 1. The van der Waals surface area contributed by atoms with Crippen LogP contribution in [-0.2, 0) is 17.9 Å². The molecule has 0 amide bonds.